The second-order valence-corrected chi connectivity index (χ2v) is 18.3. The number of thioether (sulfide) groups is 1. The molecule has 2 aliphatic heterocycles. The number of amidine groups is 1. The van der Waals surface area contributed by atoms with Crippen molar-refractivity contribution in [2.24, 2.45) is 21.0 Å². The van der Waals surface area contributed by atoms with Gasteiger partial charge in [0, 0.05) is 63.7 Å². The van der Waals surface area contributed by atoms with Crippen molar-refractivity contribution < 1.29 is 4.79 Å². The van der Waals surface area contributed by atoms with E-state index in [0.717, 1.165) is 65.8 Å². The third-order valence-corrected chi connectivity index (χ3v) is 13.7. The second-order valence-electron chi connectivity index (χ2n) is 14.3. The van der Waals surface area contributed by atoms with Crippen LogP contribution in [-0.4, -0.2) is 58.5 Å². The number of pyridine rings is 2. The summed E-state index contributed by atoms with van der Waals surface area (Å²) >= 11 is 18.2. The normalized spacial score (nSPS) is 12.8. The largest absolute Gasteiger partial charge is 0.295 e. The van der Waals surface area contributed by atoms with Gasteiger partial charge in [0.1, 0.15) is 27.2 Å². The molecule has 18 heteroatoms. The summed E-state index contributed by atoms with van der Waals surface area (Å²) in [5.74, 6) is 5.85. The number of amides is 1. The van der Waals surface area contributed by atoms with Crippen molar-refractivity contribution in [3.05, 3.63) is 168 Å². The second kappa shape index (κ2) is 20.2. The van der Waals surface area contributed by atoms with Crippen LogP contribution in [-0.2, 0) is 17.9 Å². The summed E-state index contributed by atoms with van der Waals surface area (Å²) in [7, 11) is 0. The Morgan fingerprint density at radius 1 is 0.730 bits per heavy atom. The molecule has 0 saturated carbocycles. The Morgan fingerprint density at radius 2 is 1.25 bits per heavy atom. The molecule has 0 fully saturated rings. The Hall–Kier alpha value is -5.75. The van der Waals surface area contributed by atoms with Crippen molar-refractivity contribution in [3.8, 4) is 5.00 Å². The van der Waals surface area contributed by atoms with Gasteiger partial charge in [-0.05, 0) is 87.4 Å². The van der Waals surface area contributed by atoms with Crippen LogP contribution < -0.4 is 16.3 Å². The number of fused-ring (bicyclic) bond motifs is 4. The SMILES string of the molecule is CC(=O)NN.CSC1=Nc2sc(C)c(C)c2C(c2ccccc2Cl)=NN1Cc1cccnc1.Cc1sc2c(c1C)C(c1ccccc1Cl)=NN(Cc1cccnc1)c1nnc(C)n1-2. The molecule has 1 amide bonds. The van der Waals surface area contributed by atoms with Crippen LogP contribution in [0.15, 0.2) is 113 Å². The number of carbonyl (C=O) groups is 1. The summed E-state index contributed by atoms with van der Waals surface area (Å²) < 4.78 is 2.09. The number of nitrogens with one attached hydrogen (secondary N) is 1. The lowest BCUT2D eigenvalue weighted by Crippen LogP contribution is -2.26. The number of aromatic nitrogens is 5. The highest BCUT2D eigenvalue weighted by Gasteiger charge is 2.31. The molecule has 7 aromatic rings. The molecule has 0 bridgehead atoms. The van der Waals surface area contributed by atoms with Crippen LogP contribution in [0.3, 0.4) is 0 Å². The minimum Gasteiger partial charge on any atom is -0.295 e. The summed E-state index contributed by atoms with van der Waals surface area (Å²) in [6.45, 7) is 12.9. The van der Waals surface area contributed by atoms with Gasteiger partial charge in [0.15, 0.2) is 5.17 Å². The molecular formula is C45H44Cl2N12OS3. The van der Waals surface area contributed by atoms with E-state index in [9.17, 15) is 4.79 Å². The maximum atomic E-state index is 9.58. The van der Waals surface area contributed by atoms with E-state index in [1.54, 1.807) is 46.8 Å². The number of anilines is 1. The van der Waals surface area contributed by atoms with E-state index >= 15 is 0 Å². The molecule has 13 nitrogen and oxygen atoms in total. The number of rotatable bonds is 6. The first kappa shape index (κ1) is 45.3. The van der Waals surface area contributed by atoms with Crippen molar-refractivity contribution in [1.82, 2.24) is 35.2 Å². The van der Waals surface area contributed by atoms with Crippen LogP contribution in [0.5, 0.6) is 0 Å². The maximum absolute atomic E-state index is 9.58. The lowest BCUT2D eigenvalue weighted by molar-refractivity contribution is -0.119. The van der Waals surface area contributed by atoms with E-state index < -0.39 is 0 Å². The Labute approximate surface area is 388 Å². The molecule has 7 heterocycles. The smallest absolute Gasteiger partial charge is 0.253 e. The van der Waals surface area contributed by atoms with E-state index in [0.29, 0.717) is 29.1 Å². The summed E-state index contributed by atoms with van der Waals surface area (Å²) in [6, 6.07) is 23.6. The van der Waals surface area contributed by atoms with Crippen molar-refractivity contribution in [2.45, 2.75) is 54.6 Å². The fourth-order valence-electron chi connectivity index (χ4n) is 6.71. The van der Waals surface area contributed by atoms with Gasteiger partial charge < -0.3 is 0 Å². The Bertz CT molecular complexity index is 2850. The summed E-state index contributed by atoms with van der Waals surface area (Å²) in [5.41, 5.74) is 12.0. The predicted molar refractivity (Wildman–Crippen MR) is 260 cm³/mol. The van der Waals surface area contributed by atoms with Gasteiger partial charge in [0.2, 0.25) is 5.91 Å². The fraction of sp³-hybridized carbons (Fsp3) is 0.200. The number of hydrogen-bond donors (Lipinski definition) is 2. The third-order valence-electron chi connectivity index (χ3n) is 10.1. The maximum Gasteiger partial charge on any atom is 0.253 e. The van der Waals surface area contributed by atoms with Crippen molar-refractivity contribution in [1.29, 1.82) is 0 Å². The van der Waals surface area contributed by atoms with E-state index in [1.807, 2.05) is 114 Å². The number of hydrazine groups is 1. The van der Waals surface area contributed by atoms with Crippen molar-refractivity contribution >= 4 is 91.1 Å². The molecule has 0 aliphatic carbocycles. The van der Waals surface area contributed by atoms with E-state index in [1.165, 1.54) is 27.8 Å². The van der Waals surface area contributed by atoms with Crippen LogP contribution in [0.25, 0.3) is 5.00 Å². The molecule has 0 saturated heterocycles. The highest BCUT2D eigenvalue weighted by atomic mass is 35.5. The van der Waals surface area contributed by atoms with E-state index in [4.69, 9.17) is 38.4 Å². The van der Waals surface area contributed by atoms with Gasteiger partial charge in [0.25, 0.3) is 5.95 Å². The highest BCUT2D eigenvalue weighted by Crippen LogP contribution is 2.41. The molecule has 2 aliphatic rings. The third kappa shape index (κ3) is 9.91. The van der Waals surface area contributed by atoms with Crippen molar-refractivity contribution in [2.75, 3.05) is 11.3 Å². The topological polar surface area (TPSA) is 155 Å². The number of hydrazone groups is 2. The molecule has 0 radical (unpaired) electrons. The van der Waals surface area contributed by atoms with Crippen LogP contribution in [0.4, 0.5) is 10.9 Å². The monoisotopic (exact) mass is 934 g/mol. The van der Waals surface area contributed by atoms with Crippen molar-refractivity contribution in [3.63, 3.8) is 0 Å². The van der Waals surface area contributed by atoms with Gasteiger partial charge in [-0.1, -0.05) is 83.5 Å². The standard InChI is InChI=1S/C22H19ClN6S.C21H19ClN4S2.C2H6N2O/c1-13-14(2)30-21-19(13)20(17-8-4-5-9-18(17)23)27-28(12-16-7-6-10-24-11-16)22-26-25-15(3)29(21)22;1-13-14(2)28-20-18(13)19(16-8-4-5-9-17(16)22)25-26(21(24-20)27-3)12-15-7-6-10-23-11-15;1-2(5)4-3/h4-11H,12H2,1-3H3;4-11H,12H2,1-3H3;3H2,1H3,(H,4,5). The number of aliphatic imine (C=N–C) groups is 1. The van der Waals surface area contributed by atoms with Gasteiger partial charge in [0.05, 0.1) is 23.1 Å². The highest BCUT2D eigenvalue weighted by molar-refractivity contribution is 8.13. The number of nitrogens with zero attached hydrogens (tertiary/aromatic N) is 10. The zero-order valence-corrected chi connectivity index (χ0v) is 39.6. The molecule has 0 spiro atoms. The molecule has 5 aromatic heterocycles. The molecule has 3 N–H and O–H groups in total. The lowest BCUT2D eigenvalue weighted by atomic mass is 10.00. The number of benzene rings is 2. The fourth-order valence-corrected chi connectivity index (χ4v) is 9.95. The van der Waals surface area contributed by atoms with Gasteiger partial charge in [-0.2, -0.15) is 10.2 Å². The Morgan fingerprint density at radius 3 is 1.79 bits per heavy atom. The Balaban J connectivity index is 0.000000171. The minimum atomic E-state index is -0.218. The summed E-state index contributed by atoms with van der Waals surface area (Å²) in [4.78, 5) is 25.5. The number of thiophene rings is 2. The first-order valence-electron chi connectivity index (χ1n) is 19.6. The number of nitrogens with two attached hydrogens (primary N) is 1. The zero-order valence-electron chi connectivity index (χ0n) is 35.6. The number of carbonyl (C=O) groups excluding carboxylic acids is 1. The lowest BCUT2D eigenvalue weighted by Gasteiger charge is -2.20. The van der Waals surface area contributed by atoms with Crippen LogP contribution >= 0.6 is 57.6 Å². The number of aryl methyl sites for hydroxylation is 3. The van der Waals surface area contributed by atoms with Gasteiger partial charge in [-0.25, -0.2) is 20.9 Å². The molecule has 322 valence electrons. The molecular weight excluding hydrogens is 892 g/mol. The van der Waals surface area contributed by atoms with Gasteiger partial charge in [-0.3, -0.25) is 24.8 Å². The average Bonchev–Trinajstić information content (AvgIpc) is 3.83. The Kier molecular flexibility index (Phi) is 14.5. The molecule has 9 rings (SSSR count). The van der Waals surface area contributed by atoms with Gasteiger partial charge in [-0.15, -0.1) is 32.9 Å². The first-order chi connectivity index (χ1) is 30.4. The minimum absolute atomic E-state index is 0.218. The average molecular weight is 936 g/mol. The number of hydrogen-bond acceptors (Lipinski definition) is 14. The van der Waals surface area contributed by atoms with Crippen LogP contribution in [0.1, 0.15) is 67.0 Å². The molecule has 2 aromatic carbocycles. The molecule has 63 heavy (non-hydrogen) atoms. The van der Waals surface area contributed by atoms with Crippen LogP contribution in [0, 0.1) is 34.6 Å². The molecule has 0 atom stereocenters. The molecule has 0 unspecified atom stereocenters. The predicted octanol–water partition coefficient (Wildman–Crippen LogP) is 10.1. The summed E-state index contributed by atoms with van der Waals surface area (Å²) in [5, 5.41) is 27.1. The van der Waals surface area contributed by atoms with E-state index in [-0.39, 0.29) is 5.91 Å². The van der Waals surface area contributed by atoms with E-state index in [2.05, 4.69) is 58.3 Å². The summed E-state index contributed by atoms with van der Waals surface area (Å²) in [6.07, 6.45) is 9.27. The first-order valence-corrected chi connectivity index (χ1v) is 23.2. The number of halogens is 2. The zero-order chi connectivity index (χ0) is 44.8. The quantitative estimate of drug-likeness (QED) is 0.0942. The van der Waals surface area contributed by atoms with Gasteiger partial charge >= 0.3 is 0 Å². The van der Waals surface area contributed by atoms with Crippen LogP contribution in [0.2, 0.25) is 10.0 Å².